The number of halogens is 3. The summed E-state index contributed by atoms with van der Waals surface area (Å²) in [6.45, 7) is 1.06. The molecule has 1 fully saturated rings. The molecule has 0 aliphatic carbocycles. The van der Waals surface area contributed by atoms with Crippen LogP contribution in [0.5, 0.6) is 5.88 Å². The number of ether oxygens (including phenoxy) is 1. The molecular formula is C22H19F3N4O2. The summed E-state index contributed by atoms with van der Waals surface area (Å²) in [5.41, 5.74) is 7.35. The number of nitrogens with zero attached hydrogens (tertiary/aromatic N) is 3. The monoisotopic (exact) mass is 428 g/mol. The van der Waals surface area contributed by atoms with Crippen LogP contribution in [0.1, 0.15) is 22.3 Å². The lowest BCUT2D eigenvalue weighted by molar-refractivity contribution is -0.137. The van der Waals surface area contributed by atoms with Gasteiger partial charge in [0.1, 0.15) is 6.10 Å². The third-order valence-corrected chi connectivity index (χ3v) is 5.06. The number of anilines is 1. The third-order valence-electron chi connectivity index (χ3n) is 5.06. The van der Waals surface area contributed by atoms with Crippen molar-refractivity contribution in [3.05, 3.63) is 72.1 Å². The third kappa shape index (κ3) is 4.60. The molecule has 0 saturated carbocycles. The predicted octanol–water partition coefficient (Wildman–Crippen LogP) is 3.92. The van der Waals surface area contributed by atoms with Gasteiger partial charge in [0, 0.05) is 42.7 Å². The van der Waals surface area contributed by atoms with Gasteiger partial charge in [0.15, 0.2) is 0 Å². The van der Waals surface area contributed by atoms with Crippen molar-refractivity contribution in [3.63, 3.8) is 0 Å². The predicted molar refractivity (Wildman–Crippen MR) is 109 cm³/mol. The normalized spacial score (nSPS) is 16.4. The van der Waals surface area contributed by atoms with E-state index in [4.69, 9.17) is 10.5 Å². The molecule has 6 nitrogen and oxygen atoms in total. The van der Waals surface area contributed by atoms with E-state index in [2.05, 4.69) is 9.97 Å². The highest BCUT2D eigenvalue weighted by Crippen LogP contribution is 2.31. The van der Waals surface area contributed by atoms with Crippen molar-refractivity contribution in [1.29, 1.82) is 0 Å². The van der Waals surface area contributed by atoms with Gasteiger partial charge in [0.05, 0.1) is 23.4 Å². The minimum atomic E-state index is -4.44. The Bertz CT molecular complexity index is 1070. The first-order valence-corrected chi connectivity index (χ1v) is 9.61. The SMILES string of the molecule is NC(=O)c1cc(-c2ccccn2)ccc1N1CC[C@H](Oc2ccc(C(F)(F)F)cn2)C1. The molecule has 1 saturated heterocycles. The van der Waals surface area contributed by atoms with Crippen LogP contribution < -0.4 is 15.4 Å². The summed E-state index contributed by atoms with van der Waals surface area (Å²) in [5.74, 6) is -0.429. The molecule has 1 amide bonds. The molecule has 9 heteroatoms. The van der Waals surface area contributed by atoms with E-state index in [9.17, 15) is 18.0 Å². The number of amides is 1. The van der Waals surface area contributed by atoms with Gasteiger partial charge in [-0.2, -0.15) is 13.2 Å². The number of alkyl halides is 3. The fraction of sp³-hybridized carbons (Fsp3) is 0.227. The molecule has 2 N–H and O–H groups in total. The molecular weight excluding hydrogens is 409 g/mol. The van der Waals surface area contributed by atoms with Crippen LogP contribution in [0.3, 0.4) is 0 Å². The zero-order valence-electron chi connectivity index (χ0n) is 16.3. The van der Waals surface area contributed by atoms with Crippen LogP contribution in [0, 0.1) is 0 Å². The Morgan fingerprint density at radius 2 is 1.97 bits per heavy atom. The number of nitrogens with two attached hydrogens (primary N) is 1. The molecule has 0 bridgehead atoms. The van der Waals surface area contributed by atoms with Gasteiger partial charge in [-0.05, 0) is 30.3 Å². The topological polar surface area (TPSA) is 81.3 Å². The van der Waals surface area contributed by atoms with Gasteiger partial charge >= 0.3 is 6.18 Å². The number of aromatic nitrogens is 2. The first kappa shape index (κ1) is 20.6. The summed E-state index contributed by atoms with van der Waals surface area (Å²) in [6.07, 6.45) is -1.67. The van der Waals surface area contributed by atoms with Crippen molar-refractivity contribution in [3.8, 4) is 17.1 Å². The Morgan fingerprint density at radius 3 is 2.61 bits per heavy atom. The number of primary amides is 1. The molecule has 0 unspecified atom stereocenters. The second kappa shape index (κ2) is 8.25. The average Bonchev–Trinajstić information content (AvgIpc) is 3.22. The first-order valence-electron chi connectivity index (χ1n) is 9.61. The quantitative estimate of drug-likeness (QED) is 0.666. The van der Waals surface area contributed by atoms with Crippen LogP contribution in [-0.2, 0) is 6.18 Å². The van der Waals surface area contributed by atoms with Gasteiger partial charge < -0.3 is 15.4 Å². The lowest BCUT2D eigenvalue weighted by Gasteiger charge is -2.22. The van der Waals surface area contributed by atoms with Crippen LogP contribution in [0.15, 0.2) is 60.9 Å². The number of carbonyl (C=O) groups is 1. The number of hydrogen-bond acceptors (Lipinski definition) is 5. The highest BCUT2D eigenvalue weighted by atomic mass is 19.4. The van der Waals surface area contributed by atoms with Crippen molar-refractivity contribution in [2.45, 2.75) is 18.7 Å². The summed E-state index contributed by atoms with van der Waals surface area (Å²) in [6, 6.07) is 13.1. The molecule has 0 radical (unpaired) electrons. The zero-order valence-corrected chi connectivity index (χ0v) is 16.3. The van der Waals surface area contributed by atoms with Gasteiger partial charge in [-0.15, -0.1) is 0 Å². The minimum Gasteiger partial charge on any atom is -0.472 e. The number of benzene rings is 1. The van der Waals surface area contributed by atoms with E-state index < -0.39 is 17.6 Å². The summed E-state index contributed by atoms with van der Waals surface area (Å²) in [7, 11) is 0. The van der Waals surface area contributed by atoms with Gasteiger partial charge in [-0.25, -0.2) is 4.98 Å². The maximum Gasteiger partial charge on any atom is 0.417 e. The first-order chi connectivity index (χ1) is 14.8. The molecule has 3 aromatic rings. The van der Waals surface area contributed by atoms with E-state index in [-0.39, 0.29) is 12.0 Å². The van der Waals surface area contributed by atoms with Crippen molar-refractivity contribution < 1.29 is 22.7 Å². The summed E-state index contributed by atoms with van der Waals surface area (Å²) in [5, 5.41) is 0. The van der Waals surface area contributed by atoms with E-state index >= 15 is 0 Å². The van der Waals surface area contributed by atoms with Gasteiger partial charge in [0.2, 0.25) is 5.88 Å². The minimum absolute atomic E-state index is 0.125. The van der Waals surface area contributed by atoms with E-state index in [1.54, 1.807) is 12.3 Å². The molecule has 31 heavy (non-hydrogen) atoms. The lowest BCUT2D eigenvalue weighted by Crippen LogP contribution is -2.27. The lowest BCUT2D eigenvalue weighted by atomic mass is 10.0. The smallest absolute Gasteiger partial charge is 0.417 e. The van der Waals surface area contributed by atoms with E-state index in [0.717, 1.165) is 23.5 Å². The van der Waals surface area contributed by atoms with E-state index in [1.165, 1.54) is 6.07 Å². The number of rotatable bonds is 5. The molecule has 0 spiro atoms. The van der Waals surface area contributed by atoms with Crippen LogP contribution in [0.2, 0.25) is 0 Å². The summed E-state index contributed by atoms with van der Waals surface area (Å²) < 4.78 is 43.8. The molecule has 1 aliphatic rings. The average molecular weight is 428 g/mol. The number of pyridine rings is 2. The van der Waals surface area contributed by atoms with Gasteiger partial charge in [-0.1, -0.05) is 12.1 Å². The van der Waals surface area contributed by atoms with Gasteiger partial charge in [-0.3, -0.25) is 9.78 Å². The molecule has 4 rings (SSSR count). The van der Waals surface area contributed by atoms with E-state index in [1.807, 2.05) is 35.2 Å². The Morgan fingerprint density at radius 1 is 1.13 bits per heavy atom. The Labute approximate surface area is 176 Å². The fourth-order valence-corrected chi connectivity index (χ4v) is 3.53. The van der Waals surface area contributed by atoms with Crippen molar-refractivity contribution in [2.24, 2.45) is 5.73 Å². The molecule has 2 aromatic heterocycles. The van der Waals surface area contributed by atoms with E-state index in [0.29, 0.717) is 30.8 Å². The van der Waals surface area contributed by atoms with Crippen LogP contribution in [0.4, 0.5) is 18.9 Å². The van der Waals surface area contributed by atoms with Crippen molar-refractivity contribution in [2.75, 3.05) is 18.0 Å². The highest BCUT2D eigenvalue weighted by molar-refractivity contribution is 6.00. The maximum atomic E-state index is 12.7. The fourth-order valence-electron chi connectivity index (χ4n) is 3.53. The van der Waals surface area contributed by atoms with Crippen LogP contribution in [-0.4, -0.2) is 35.1 Å². The van der Waals surface area contributed by atoms with Crippen molar-refractivity contribution >= 4 is 11.6 Å². The molecule has 160 valence electrons. The Balaban J connectivity index is 1.49. The molecule has 1 aliphatic heterocycles. The summed E-state index contributed by atoms with van der Waals surface area (Å²) >= 11 is 0. The second-order valence-electron chi connectivity index (χ2n) is 7.17. The molecule has 3 heterocycles. The second-order valence-corrected chi connectivity index (χ2v) is 7.17. The standard InChI is InChI=1S/C22H19F3N4O2/c23-22(24,25)15-5-7-20(28-12-15)31-16-8-10-29(13-16)19-6-4-14(11-17(19)21(26)30)18-3-1-2-9-27-18/h1-7,9,11-12,16H,8,10,13H2,(H2,26,30)/t16-/m0/s1. The Kier molecular flexibility index (Phi) is 5.50. The Hall–Kier alpha value is -3.62. The zero-order chi connectivity index (χ0) is 22.0. The highest BCUT2D eigenvalue weighted by Gasteiger charge is 2.31. The van der Waals surface area contributed by atoms with Gasteiger partial charge in [0.25, 0.3) is 5.91 Å². The molecule has 1 atom stereocenters. The maximum absolute atomic E-state index is 12.7. The van der Waals surface area contributed by atoms with Crippen molar-refractivity contribution in [1.82, 2.24) is 9.97 Å². The van der Waals surface area contributed by atoms with Crippen LogP contribution in [0.25, 0.3) is 11.3 Å². The van der Waals surface area contributed by atoms with Crippen LogP contribution >= 0.6 is 0 Å². The summed E-state index contributed by atoms with van der Waals surface area (Å²) in [4.78, 5) is 22.1. The largest absolute Gasteiger partial charge is 0.472 e. The molecule has 1 aromatic carbocycles. The number of carbonyl (C=O) groups excluding carboxylic acids is 1. The number of hydrogen-bond donors (Lipinski definition) is 1.